The Kier molecular flexibility index (Phi) is 5.32. The van der Waals surface area contributed by atoms with E-state index in [0.717, 1.165) is 41.5 Å². The molecule has 9 heteroatoms. The lowest BCUT2D eigenvalue weighted by Crippen LogP contribution is -2.21. The van der Waals surface area contributed by atoms with E-state index >= 15 is 0 Å². The number of thiophene rings is 1. The molecule has 0 saturated heterocycles. The third-order valence-corrected chi connectivity index (χ3v) is 6.25. The molecule has 3 aromatic rings. The number of anilines is 1. The molecule has 0 unspecified atom stereocenters. The lowest BCUT2D eigenvalue weighted by atomic mass is 10.1. The number of nitriles is 1. The molecule has 0 aliphatic heterocycles. The van der Waals surface area contributed by atoms with Crippen molar-refractivity contribution in [2.24, 2.45) is 0 Å². The van der Waals surface area contributed by atoms with Gasteiger partial charge in [-0.25, -0.2) is 4.98 Å². The molecule has 142 valence electrons. The average molecular weight is 413 g/mol. The van der Waals surface area contributed by atoms with E-state index in [1.54, 1.807) is 6.07 Å². The molecule has 1 aliphatic carbocycles. The molecule has 0 radical (unpaired) electrons. The minimum atomic E-state index is -0.545. The van der Waals surface area contributed by atoms with E-state index in [1.165, 1.54) is 11.3 Å². The van der Waals surface area contributed by atoms with E-state index in [4.69, 9.17) is 9.15 Å². The minimum absolute atomic E-state index is 0.0170. The second-order valence-corrected chi connectivity index (χ2v) is 8.15. The van der Waals surface area contributed by atoms with Crippen LogP contribution in [0.2, 0.25) is 0 Å². The number of rotatable bonds is 6. The van der Waals surface area contributed by atoms with Crippen LogP contribution in [0.5, 0.6) is 0 Å². The molecule has 1 aromatic carbocycles. The Morgan fingerprint density at radius 2 is 2.21 bits per heavy atom. The first-order valence-electron chi connectivity index (χ1n) is 8.62. The number of hydrogen-bond donors (Lipinski definition) is 1. The fourth-order valence-corrected chi connectivity index (χ4v) is 4.89. The summed E-state index contributed by atoms with van der Waals surface area (Å²) >= 11 is 2.53. The van der Waals surface area contributed by atoms with E-state index in [2.05, 4.69) is 16.4 Å². The van der Waals surface area contributed by atoms with Crippen molar-refractivity contribution in [1.29, 1.82) is 5.26 Å². The summed E-state index contributed by atoms with van der Waals surface area (Å²) in [5.74, 6) is -1.02. The van der Waals surface area contributed by atoms with E-state index in [1.807, 2.05) is 18.2 Å². The molecule has 2 heterocycles. The van der Waals surface area contributed by atoms with Crippen molar-refractivity contribution < 1.29 is 18.7 Å². The largest absolute Gasteiger partial charge is 0.455 e. The van der Waals surface area contributed by atoms with Crippen LogP contribution >= 0.6 is 23.1 Å². The van der Waals surface area contributed by atoms with Crippen LogP contribution in [0.15, 0.2) is 33.9 Å². The Morgan fingerprint density at radius 3 is 3.04 bits per heavy atom. The van der Waals surface area contributed by atoms with Gasteiger partial charge in [0.15, 0.2) is 12.2 Å². The number of fused-ring (bicyclic) bond motifs is 2. The van der Waals surface area contributed by atoms with E-state index in [9.17, 15) is 14.9 Å². The first-order chi connectivity index (χ1) is 13.6. The summed E-state index contributed by atoms with van der Waals surface area (Å²) in [5.41, 5.74) is 2.93. The highest BCUT2D eigenvalue weighted by molar-refractivity contribution is 7.99. The Labute approximate surface area is 168 Å². The molecule has 0 fully saturated rings. The quantitative estimate of drug-likeness (QED) is 0.487. The number of benzene rings is 1. The zero-order valence-electron chi connectivity index (χ0n) is 14.7. The van der Waals surface area contributed by atoms with Gasteiger partial charge in [0.2, 0.25) is 0 Å². The third kappa shape index (κ3) is 3.88. The molecule has 2 aromatic heterocycles. The molecular formula is C19H15N3O4S2. The molecule has 7 nitrogen and oxygen atoms in total. The molecule has 0 spiro atoms. The topological polar surface area (TPSA) is 105 Å². The normalized spacial score (nSPS) is 12.5. The Bertz CT molecular complexity index is 1060. The highest BCUT2D eigenvalue weighted by Crippen LogP contribution is 2.38. The Balaban J connectivity index is 1.27. The van der Waals surface area contributed by atoms with Crippen LogP contribution < -0.4 is 5.32 Å². The number of ether oxygens (including phenoxy) is 1. The summed E-state index contributed by atoms with van der Waals surface area (Å²) in [5, 5.41) is 12.9. The van der Waals surface area contributed by atoms with Gasteiger partial charge in [0.05, 0.1) is 5.56 Å². The molecule has 1 amide bonds. The molecule has 28 heavy (non-hydrogen) atoms. The fraction of sp³-hybridized carbons (Fsp3) is 0.263. The van der Waals surface area contributed by atoms with Gasteiger partial charge in [0.25, 0.3) is 11.1 Å². The summed E-state index contributed by atoms with van der Waals surface area (Å²) in [6, 6.07) is 9.48. The number of hydrogen-bond acceptors (Lipinski definition) is 8. The Hall–Kier alpha value is -2.83. The third-order valence-electron chi connectivity index (χ3n) is 4.24. The molecule has 0 bridgehead atoms. The fourth-order valence-electron chi connectivity index (χ4n) is 2.99. The number of para-hydroxylation sites is 2. The van der Waals surface area contributed by atoms with Crippen molar-refractivity contribution in [3.05, 3.63) is 40.3 Å². The van der Waals surface area contributed by atoms with Gasteiger partial charge < -0.3 is 14.5 Å². The van der Waals surface area contributed by atoms with Crippen molar-refractivity contribution in [1.82, 2.24) is 4.98 Å². The summed E-state index contributed by atoms with van der Waals surface area (Å²) in [6.45, 7) is -0.402. The van der Waals surface area contributed by atoms with Crippen molar-refractivity contribution in [3.63, 3.8) is 0 Å². The maximum atomic E-state index is 12.1. The molecule has 1 N–H and O–H groups in total. The summed E-state index contributed by atoms with van der Waals surface area (Å²) < 4.78 is 10.5. The van der Waals surface area contributed by atoms with Crippen LogP contribution in [0.25, 0.3) is 11.1 Å². The predicted molar refractivity (Wildman–Crippen MR) is 105 cm³/mol. The number of nitrogens with zero attached hydrogens (tertiary/aromatic N) is 2. The van der Waals surface area contributed by atoms with Crippen LogP contribution in [0.1, 0.15) is 22.4 Å². The monoisotopic (exact) mass is 413 g/mol. The highest BCUT2D eigenvalue weighted by Gasteiger charge is 2.23. The SMILES string of the molecule is N#Cc1c(NC(=O)COC(=O)CSc2nc3ccccc3o2)sc2c1CCC2. The van der Waals surface area contributed by atoms with Gasteiger partial charge >= 0.3 is 5.97 Å². The lowest BCUT2D eigenvalue weighted by Gasteiger charge is -2.05. The van der Waals surface area contributed by atoms with Crippen LogP contribution in [-0.2, 0) is 27.2 Å². The standard InChI is InChI=1S/C19H15N3O4S2/c20-8-12-11-4-3-7-15(11)28-18(12)22-16(23)9-25-17(24)10-27-19-21-13-5-1-2-6-14(13)26-19/h1-2,5-6H,3-4,7,9-10H2,(H,22,23). The van der Waals surface area contributed by atoms with Gasteiger partial charge in [0.1, 0.15) is 22.3 Å². The van der Waals surface area contributed by atoms with Crippen LogP contribution in [0.3, 0.4) is 0 Å². The number of amides is 1. The minimum Gasteiger partial charge on any atom is -0.455 e. The molecule has 1 aliphatic rings. The van der Waals surface area contributed by atoms with Gasteiger partial charge in [-0.3, -0.25) is 9.59 Å². The highest BCUT2D eigenvalue weighted by atomic mass is 32.2. The van der Waals surface area contributed by atoms with Gasteiger partial charge in [-0.15, -0.1) is 11.3 Å². The number of carbonyl (C=O) groups excluding carboxylic acids is 2. The van der Waals surface area contributed by atoms with Gasteiger partial charge in [-0.2, -0.15) is 5.26 Å². The van der Waals surface area contributed by atoms with Crippen molar-refractivity contribution in [2.75, 3.05) is 17.7 Å². The second-order valence-electron chi connectivity index (χ2n) is 6.12. The smallest absolute Gasteiger partial charge is 0.316 e. The zero-order chi connectivity index (χ0) is 19.5. The summed E-state index contributed by atoms with van der Waals surface area (Å²) in [6.07, 6.45) is 2.85. The molecule has 4 rings (SSSR count). The number of thioether (sulfide) groups is 1. The molecule has 0 saturated carbocycles. The summed E-state index contributed by atoms with van der Waals surface area (Å²) in [7, 11) is 0. The van der Waals surface area contributed by atoms with Crippen molar-refractivity contribution >= 4 is 51.1 Å². The van der Waals surface area contributed by atoms with Crippen molar-refractivity contribution in [2.45, 2.75) is 24.5 Å². The van der Waals surface area contributed by atoms with E-state index < -0.39 is 18.5 Å². The van der Waals surface area contributed by atoms with Crippen LogP contribution in [0, 0.1) is 11.3 Å². The number of aromatic nitrogens is 1. The number of nitrogens with one attached hydrogen (secondary N) is 1. The van der Waals surface area contributed by atoms with E-state index in [0.29, 0.717) is 26.9 Å². The number of oxazole rings is 1. The first kappa shape index (κ1) is 18.5. The molecule has 0 atom stereocenters. The number of carbonyl (C=O) groups is 2. The maximum Gasteiger partial charge on any atom is 0.316 e. The predicted octanol–water partition coefficient (Wildman–Crippen LogP) is 3.52. The lowest BCUT2D eigenvalue weighted by molar-refractivity contribution is -0.144. The summed E-state index contributed by atoms with van der Waals surface area (Å²) in [4.78, 5) is 29.4. The molecular weight excluding hydrogens is 398 g/mol. The Morgan fingerprint density at radius 1 is 1.36 bits per heavy atom. The van der Waals surface area contributed by atoms with E-state index in [-0.39, 0.29) is 5.75 Å². The maximum absolute atomic E-state index is 12.1. The zero-order valence-corrected chi connectivity index (χ0v) is 16.3. The van der Waals surface area contributed by atoms with Gasteiger partial charge in [-0.1, -0.05) is 23.9 Å². The van der Waals surface area contributed by atoms with Gasteiger partial charge in [-0.05, 0) is 37.0 Å². The first-order valence-corrected chi connectivity index (χ1v) is 10.4. The number of aryl methyl sites for hydroxylation is 1. The van der Waals surface area contributed by atoms with Crippen molar-refractivity contribution in [3.8, 4) is 6.07 Å². The average Bonchev–Trinajstić information content (AvgIpc) is 3.38. The van der Waals surface area contributed by atoms with Crippen LogP contribution in [0.4, 0.5) is 5.00 Å². The van der Waals surface area contributed by atoms with Crippen LogP contribution in [-0.4, -0.2) is 29.2 Å². The second kappa shape index (κ2) is 8.04. The van der Waals surface area contributed by atoms with Gasteiger partial charge in [0, 0.05) is 4.88 Å². The number of esters is 1.